The van der Waals surface area contributed by atoms with E-state index >= 15 is 0 Å². The van der Waals surface area contributed by atoms with Crippen LogP contribution in [0, 0.1) is 11.6 Å². The second-order valence-electron chi connectivity index (χ2n) is 10.3. The average molecular weight is 555 g/mol. The van der Waals surface area contributed by atoms with Crippen molar-refractivity contribution in [2.75, 3.05) is 26.2 Å². The quantitative estimate of drug-likeness (QED) is 0.438. The number of carboxylic acid groups (broad SMARTS) is 1. The molecule has 0 aliphatic carbocycles. The largest absolute Gasteiger partial charge is 0.478 e. The van der Waals surface area contributed by atoms with E-state index in [4.69, 9.17) is 4.74 Å². The third kappa shape index (κ3) is 5.18. The number of hydrogen-bond donors (Lipinski definition) is 3. The minimum atomic E-state index is -1.43. The molecule has 1 spiro atoms. The maximum atomic E-state index is 14.1. The van der Waals surface area contributed by atoms with E-state index in [1.54, 1.807) is 6.92 Å². The molecule has 3 aliphatic rings. The molecule has 3 heterocycles. The number of nitrogens with one attached hydrogen (secondary N) is 2. The van der Waals surface area contributed by atoms with Gasteiger partial charge >= 0.3 is 18.0 Å². The van der Waals surface area contributed by atoms with Crippen molar-refractivity contribution in [3.8, 4) is 0 Å². The number of ether oxygens (including phenoxy) is 1. The summed E-state index contributed by atoms with van der Waals surface area (Å²) in [6, 6.07) is 8.06. The molecule has 2 aromatic rings. The number of hydrogen-bond acceptors (Lipinski definition) is 5. The van der Waals surface area contributed by atoms with Crippen LogP contribution in [0.4, 0.5) is 18.4 Å². The van der Waals surface area contributed by atoms with Crippen LogP contribution in [0.2, 0.25) is 0 Å². The van der Waals surface area contributed by atoms with Gasteiger partial charge in [0.2, 0.25) is 0 Å². The first-order chi connectivity index (χ1) is 19.2. The van der Waals surface area contributed by atoms with Gasteiger partial charge < -0.3 is 25.4 Å². The Bertz CT molecular complexity index is 1360. The number of amides is 4. The molecule has 0 saturated carbocycles. The van der Waals surface area contributed by atoms with Crippen molar-refractivity contribution in [3.63, 3.8) is 0 Å². The van der Waals surface area contributed by atoms with Crippen molar-refractivity contribution < 1.29 is 33.0 Å². The minimum Gasteiger partial charge on any atom is -0.478 e. The van der Waals surface area contributed by atoms with Gasteiger partial charge in [-0.3, -0.25) is 0 Å². The molecule has 0 radical (unpaired) electrons. The highest BCUT2D eigenvalue weighted by molar-refractivity contribution is 6.01. The number of piperidine rings is 1. The van der Waals surface area contributed by atoms with E-state index in [-0.39, 0.29) is 35.4 Å². The zero-order valence-corrected chi connectivity index (χ0v) is 22.2. The predicted molar refractivity (Wildman–Crippen MR) is 141 cm³/mol. The summed E-state index contributed by atoms with van der Waals surface area (Å²) in [5.41, 5.74) is 2.09. The van der Waals surface area contributed by atoms with E-state index in [1.165, 1.54) is 17.2 Å². The van der Waals surface area contributed by atoms with Crippen LogP contribution in [0.1, 0.15) is 55.3 Å². The first kappa shape index (κ1) is 27.7. The molecule has 212 valence electrons. The van der Waals surface area contributed by atoms with Gasteiger partial charge in [-0.2, -0.15) is 0 Å². The van der Waals surface area contributed by atoms with Crippen LogP contribution < -0.4 is 10.6 Å². The van der Waals surface area contributed by atoms with E-state index in [0.717, 1.165) is 49.5 Å². The number of halogens is 2. The van der Waals surface area contributed by atoms with Gasteiger partial charge in [0, 0.05) is 25.3 Å². The first-order valence-electron chi connectivity index (χ1n) is 13.5. The van der Waals surface area contributed by atoms with Crippen LogP contribution in [0.25, 0.3) is 0 Å². The molecule has 9 nitrogen and oxygen atoms in total. The molecule has 3 aliphatic heterocycles. The Morgan fingerprint density at radius 1 is 1.15 bits per heavy atom. The van der Waals surface area contributed by atoms with Gasteiger partial charge in [0.05, 0.1) is 17.8 Å². The first-order valence-corrected chi connectivity index (χ1v) is 13.5. The zero-order chi connectivity index (χ0) is 28.4. The Kier molecular flexibility index (Phi) is 7.86. The second kappa shape index (κ2) is 11.3. The van der Waals surface area contributed by atoms with Crippen LogP contribution in [0.5, 0.6) is 0 Å². The Hall–Kier alpha value is -3.83. The fraction of sp³-hybridized carbons (Fsp3) is 0.414. The summed E-state index contributed by atoms with van der Waals surface area (Å²) in [6.07, 6.45) is 2.52. The average Bonchev–Trinajstić information content (AvgIpc) is 3.30. The monoisotopic (exact) mass is 554 g/mol. The fourth-order valence-electron chi connectivity index (χ4n) is 5.92. The molecule has 1 atom stereocenters. The zero-order valence-electron chi connectivity index (χ0n) is 22.2. The lowest BCUT2D eigenvalue weighted by atomic mass is 9.84. The highest BCUT2D eigenvalue weighted by Gasteiger charge is 2.43. The third-order valence-electron chi connectivity index (χ3n) is 8.00. The molecule has 0 aromatic heterocycles. The summed E-state index contributed by atoms with van der Waals surface area (Å²) in [4.78, 5) is 41.3. The van der Waals surface area contributed by atoms with E-state index in [9.17, 15) is 28.3 Å². The number of urea groups is 2. The smallest absolute Gasteiger partial charge is 0.335 e. The lowest BCUT2D eigenvalue weighted by Crippen LogP contribution is -2.54. The normalized spacial score (nSPS) is 20.4. The Morgan fingerprint density at radius 3 is 2.60 bits per heavy atom. The minimum absolute atomic E-state index is 0.0230. The molecule has 4 amide bonds. The van der Waals surface area contributed by atoms with Gasteiger partial charge in [0.15, 0.2) is 11.6 Å². The summed E-state index contributed by atoms with van der Waals surface area (Å²) in [5, 5.41) is 15.1. The van der Waals surface area contributed by atoms with Crippen LogP contribution in [-0.4, -0.2) is 59.1 Å². The third-order valence-corrected chi connectivity index (χ3v) is 8.00. The van der Waals surface area contributed by atoms with Gasteiger partial charge in [-0.25, -0.2) is 28.1 Å². The maximum absolute atomic E-state index is 14.1. The summed E-state index contributed by atoms with van der Waals surface area (Å²) in [5.74, 6) is -3.70. The highest BCUT2D eigenvalue weighted by atomic mass is 19.2. The molecule has 0 bridgehead atoms. The van der Waals surface area contributed by atoms with Crippen molar-refractivity contribution in [3.05, 3.63) is 82.1 Å². The van der Waals surface area contributed by atoms with Gasteiger partial charge in [-0.05, 0) is 61.1 Å². The highest BCUT2D eigenvalue weighted by Crippen LogP contribution is 2.44. The topological polar surface area (TPSA) is 111 Å². The molecule has 3 N–H and O–H groups in total. The second-order valence-corrected chi connectivity index (χ2v) is 10.3. The van der Waals surface area contributed by atoms with Gasteiger partial charge in [0.1, 0.15) is 6.04 Å². The maximum Gasteiger partial charge on any atom is 0.335 e. The molecule has 5 rings (SSSR count). The van der Waals surface area contributed by atoms with E-state index in [0.29, 0.717) is 13.0 Å². The number of imide groups is 1. The Morgan fingerprint density at radius 2 is 1.90 bits per heavy atom. The molecule has 1 unspecified atom stereocenters. The molecule has 1 fully saturated rings. The number of carbonyl (C=O) groups is 3. The van der Waals surface area contributed by atoms with Crippen molar-refractivity contribution in [1.82, 2.24) is 20.4 Å². The Balaban J connectivity index is 1.21. The Labute approximate surface area is 230 Å². The van der Waals surface area contributed by atoms with E-state index < -0.39 is 35.7 Å². The van der Waals surface area contributed by atoms with Crippen LogP contribution in [0.15, 0.2) is 53.7 Å². The summed E-state index contributed by atoms with van der Waals surface area (Å²) >= 11 is 0. The van der Waals surface area contributed by atoms with Crippen molar-refractivity contribution in [2.45, 2.75) is 50.9 Å². The summed E-state index contributed by atoms with van der Waals surface area (Å²) < 4.78 is 33.9. The van der Waals surface area contributed by atoms with E-state index in [1.807, 2.05) is 12.1 Å². The molecule has 40 heavy (non-hydrogen) atoms. The van der Waals surface area contributed by atoms with Crippen LogP contribution in [0.3, 0.4) is 0 Å². The number of allylic oxidation sites excluding steroid dienone is 1. The summed E-state index contributed by atoms with van der Waals surface area (Å²) in [7, 11) is 0. The molecule has 11 heteroatoms. The number of nitrogens with zero attached hydrogens (tertiary/aromatic N) is 2. The number of benzene rings is 2. The molecule has 1 saturated heterocycles. The van der Waals surface area contributed by atoms with Crippen molar-refractivity contribution in [1.29, 1.82) is 0 Å². The number of likely N-dealkylation sites (tertiary alicyclic amines) is 1. The van der Waals surface area contributed by atoms with Crippen molar-refractivity contribution in [2.24, 2.45) is 0 Å². The number of carbonyl (C=O) groups excluding carboxylic acids is 2. The lowest BCUT2D eigenvalue weighted by Gasteiger charge is -2.39. The standard InChI is InChI=1S/C29H32F2N4O5/c1-2-23-24(26(36)37)25(18-8-9-21(30)22(31)16-18)35(28(39)33-23)27(38)32-12-5-13-34-14-10-29(11-15-34)20-7-4-3-6-19(20)17-40-29/h3-4,6-9,16,25H,2,5,10-15,17H2,1H3,(H,32,38)(H,33,39)(H,36,37). The number of carboxylic acids is 1. The molecular formula is C29H32F2N4O5. The number of aliphatic carboxylic acids is 1. The number of fused-ring (bicyclic) bond motifs is 2. The van der Waals surface area contributed by atoms with Gasteiger partial charge in [-0.1, -0.05) is 37.3 Å². The summed E-state index contributed by atoms with van der Waals surface area (Å²) in [6.45, 7) is 4.94. The van der Waals surface area contributed by atoms with Crippen LogP contribution >= 0.6 is 0 Å². The fourth-order valence-corrected chi connectivity index (χ4v) is 5.92. The lowest BCUT2D eigenvalue weighted by molar-refractivity contribution is -0.133. The van der Waals surface area contributed by atoms with Crippen molar-refractivity contribution >= 4 is 18.0 Å². The van der Waals surface area contributed by atoms with Gasteiger partial charge in [0.25, 0.3) is 0 Å². The van der Waals surface area contributed by atoms with Crippen LogP contribution in [-0.2, 0) is 21.7 Å². The van der Waals surface area contributed by atoms with E-state index in [2.05, 4.69) is 27.7 Å². The van der Waals surface area contributed by atoms with Gasteiger partial charge in [-0.15, -0.1) is 0 Å². The molecule has 2 aromatic carbocycles. The molecular weight excluding hydrogens is 522 g/mol. The SMILES string of the molecule is CCC1=C(C(=O)O)C(c2ccc(F)c(F)c2)N(C(=O)NCCCN2CCC3(CC2)OCc2ccccc23)C(=O)N1. The predicted octanol–water partition coefficient (Wildman–Crippen LogP) is 4.40. The number of rotatable bonds is 7.